The Morgan fingerprint density at radius 3 is 2.84 bits per heavy atom. The molecule has 2 aromatic heterocycles. The summed E-state index contributed by atoms with van der Waals surface area (Å²) in [5, 5.41) is 4.14. The standard InChI is InChI=1S/C23H27N5O3/c1-15-7-4-5-9-19(15)22-25-20(31-26-22)11-18-8-6-10-27(12-18)21(29)13-28-14-24-17(3)16(2)23(28)30/h4-5,7,9,14,18H,6,8,10-13H2,1-3H3. The van der Waals surface area contributed by atoms with Crippen molar-refractivity contribution in [2.24, 2.45) is 5.92 Å². The first-order valence-electron chi connectivity index (χ1n) is 10.6. The molecule has 0 radical (unpaired) electrons. The predicted molar refractivity (Wildman–Crippen MR) is 115 cm³/mol. The number of carbonyl (C=O) groups excluding carboxylic acids is 1. The summed E-state index contributed by atoms with van der Waals surface area (Å²) in [4.78, 5) is 35.8. The van der Waals surface area contributed by atoms with E-state index in [2.05, 4.69) is 15.1 Å². The van der Waals surface area contributed by atoms with Gasteiger partial charge in [0.1, 0.15) is 6.54 Å². The van der Waals surface area contributed by atoms with Crippen molar-refractivity contribution in [1.82, 2.24) is 24.6 Å². The Labute approximate surface area is 180 Å². The Kier molecular flexibility index (Phi) is 5.97. The van der Waals surface area contributed by atoms with Gasteiger partial charge in [-0.15, -0.1) is 0 Å². The third-order valence-corrected chi connectivity index (χ3v) is 6.01. The first-order valence-corrected chi connectivity index (χ1v) is 10.6. The smallest absolute Gasteiger partial charge is 0.256 e. The maximum atomic E-state index is 12.8. The molecule has 0 N–H and O–H groups in total. The number of rotatable bonds is 5. The number of likely N-dealkylation sites (tertiary alicyclic amines) is 1. The fourth-order valence-corrected chi connectivity index (χ4v) is 4.01. The topological polar surface area (TPSA) is 94.1 Å². The molecule has 1 amide bonds. The molecule has 1 aromatic carbocycles. The fraction of sp³-hybridized carbons (Fsp3) is 0.435. The zero-order chi connectivity index (χ0) is 22.0. The van der Waals surface area contributed by atoms with Gasteiger partial charge in [0.25, 0.3) is 5.56 Å². The normalized spacial score (nSPS) is 16.5. The van der Waals surface area contributed by atoms with Crippen LogP contribution >= 0.6 is 0 Å². The molecule has 3 heterocycles. The Bertz CT molecular complexity index is 1150. The van der Waals surface area contributed by atoms with Gasteiger partial charge in [-0.2, -0.15) is 4.98 Å². The first-order chi connectivity index (χ1) is 14.9. The van der Waals surface area contributed by atoms with E-state index in [9.17, 15) is 9.59 Å². The molecule has 1 unspecified atom stereocenters. The molecule has 0 aliphatic carbocycles. The van der Waals surface area contributed by atoms with E-state index >= 15 is 0 Å². The van der Waals surface area contributed by atoms with Crippen LogP contribution in [-0.4, -0.2) is 43.6 Å². The van der Waals surface area contributed by atoms with Crippen molar-refractivity contribution in [3.63, 3.8) is 0 Å². The number of benzene rings is 1. The summed E-state index contributed by atoms with van der Waals surface area (Å²) >= 11 is 0. The molecule has 162 valence electrons. The van der Waals surface area contributed by atoms with Crippen LogP contribution in [0.1, 0.15) is 35.6 Å². The second-order valence-corrected chi connectivity index (χ2v) is 8.27. The molecule has 1 saturated heterocycles. The second kappa shape index (κ2) is 8.83. The van der Waals surface area contributed by atoms with Gasteiger partial charge in [-0.3, -0.25) is 14.2 Å². The van der Waals surface area contributed by atoms with Crippen LogP contribution in [0, 0.1) is 26.7 Å². The summed E-state index contributed by atoms with van der Waals surface area (Å²) in [7, 11) is 0. The molecule has 8 heteroatoms. The average Bonchev–Trinajstić information content (AvgIpc) is 3.22. The minimum Gasteiger partial charge on any atom is -0.341 e. The lowest BCUT2D eigenvalue weighted by atomic mass is 9.94. The maximum Gasteiger partial charge on any atom is 0.256 e. The summed E-state index contributed by atoms with van der Waals surface area (Å²) in [5.74, 6) is 1.37. The van der Waals surface area contributed by atoms with Crippen LogP contribution in [-0.2, 0) is 17.8 Å². The average molecular weight is 422 g/mol. The molecule has 0 bridgehead atoms. The quantitative estimate of drug-likeness (QED) is 0.629. The molecular weight excluding hydrogens is 394 g/mol. The van der Waals surface area contributed by atoms with Gasteiger partial charge in [0.05, 0.1) is 6.33 Å². The number of amides is 1. The van der Waals surface area contributed by atoms with E-state index in [1.165, 1.54) is 10.9 Å². The number of aromatic nitrogens is 4. The number of piperidine rings is 1. The van der Waals surface area contributed by atoms with Crippen molar-refractivity contribution in [1.29, 1.82) is 0 Å². The molecule has 1 aliphatic rings. The number of carbonyl (C=O) groups is 1. The fourth-order valence-electron chi connectivity index (χ4n) is 4.01. The van der Waals surface area contributed by atoms with Gasteiger partial charge < -0.3 is 9.42 Å². The second-order valence-electron chi connectivity index (χ2n) is 8.27. The zero-order valence-corrected chi connectivity index (χ0v) is 18.2. The SMILES string of the molecule is Cc1ccccc1-c1noc(CC2CCCN(C(=O)Cn3cnc(C)c(C)c3=O)C2)n1. The van der Waals surface area contributed by atoms with E-state index in [1.54, 1.807) is 13.8 Å². The van der Waals surface area contributed by atoms with Gasteiger partial charge in [0.2, 0.25) is 17.6 Å². The van der Waals surface area contributed by atoms with Crippen molar-refractivity contribution in [2.75, 3.05) is 13.1 Å². The summed E-state index contributed by atoms with van der Waals surface area (Å²) in [6, 6.07) is 7.94. The van der Waals surface area contributed by atoms with E-state index in [1.807, 2.05) is 36.1 Å². The van der Waals surface area contributed by atoms with Gasteiger partial charge in [-0.1, -0.05) is 29.4 Å². The predicted octanol–water partition coefficient (Wildman–Crippen LogP) is 2.70. The molecule has 1 atom stereocenters. The summed E-state index contributed by atoms with van der Waals surface area (Å²) < 4.78 is 6.88. The minimum atomic E-state index is -0.163. The van der Waals surface area contributed by atoms with Gasteiger partial charge in [-0.05, 0) is 45.1 Å². The van der Waals surface area contributed by atoms with Crippen LogP contribution in [0.3, 0.4) is 0 Å². The lowest BCUT2D eigenvalue weighted by Crippen LogP contribution is -2.43. The molecule has 0 saturated carbocycles. The lowest BCUT2D eigenvalue weighted by molar-refractivity contribution is -0.133. The van der Waals surface area contributed by atoms with Crippen LogP contribution in [0.15, 0.2) is 39.9 Å². The van der Waals surface area contributed by atoms with E-state index in [4.69, 9.17) is 4.52 Å². The lowest BCUT2D eigenvalue weighted by Gasteiger charge is -2.32. The summed E-state index contributed by atoms with van der Waals surface area (Å²) in [6.45, 7) is 6.87. The highest BCUT2D eigenvalue weighted by Gasteiger charge is 2.26. The Morgan fingerprint density at radius 2 is 2.03 bits per heavy atom. The van der Waals surface area contributed by atoms with E-state index in [0.717, 1.165) is 24.0 Å². The van der Waals surface area contributed by atoms with Crippen LogP contribution in [0.4, 0.5) is 0 Å². The van der Waals surface area contributed by atoms with E-state index in [-0.39, 0.29) is 23.9 Å². The van der Waals surface area contributed by atoms with Crippen molar-refractivity contribution < 1.29 is 9.32 Å². The Hall–Kier alpha value is -3.29. The number of hydrogen-bond acceptors (Lipinski definition) is 6. The zero-order valence-electron chi connectivity index (χ0n) is 18.2. The molecular formula is C23H27N5O3. The van der Waals surface area contributed by atoms with Crippen molar-refractivity contribution in [2.45, 2.75) is 46.6 Å². The number of aryl methyl sites for hydroxylation is 2. The molecule has 8 nitrogen and oxygen atoms in total. The van der Waals surface area contributed by atoms with Crippen LogP contribution < -0.4 is 5.56 Å². The first kappa shape index (κ1) is 21.0. The molecule has 4 rings (SSSR count). The highest BCUT2D eigenvalue weighted by Crippen LogP contribution is 2.24. The Balaban J connectivity index is 1.40. The van der Waals surface area contributed by atoms with Crippen LogP contribution in [0.5, 0.6) is 0 Å². The van der Waals surface area contributed by atoms with Crippen LogP contribution in [0.2, 0.25) is 0 Å². The molecule has 1 fully saturated rings. The number of hydrogen-bond donors (Lipinski definition) is 0. The molecule has 31 heavy (non-hydrogen) atoms. The largest absolute Gasteiger partial charge is 0.341 e. The van der Waals surface area contributed by atoms with Crippen molar-refractivity contribution in [3.8, 4) is 11.4 Å². The van der Waals surface area contributed by atoms with Crippen molar-refractivity contribution in [3.05, 3.63) is 63.7 Å². The van der Waals surface area contributed by atoms with E-state index in [0.29, 0.717) is 42.5 Å². The van der Waals surface area contributed by atoms with Gasteiger partial charge >= 0.3 is 0 Å². The van der Waals surface area contributed by atoms with E-state index < -0.39 is 0 Å². The van der Waals surface area contributed by atoms with Crippen molar-refractivity contribution >= 4 is 5.91 Å². The number of nitrogens with zero attached hydrogens (tertiary/aromatic N) is 5. The molecule has 1 aliphatic heterocycles. The van der Waals surface area contributed by atoms with Crippen LogP contribution in [0.25, 0.3) is 11.4 Å². The summed E-state index contributed by atoms with van der Waals surface area (Å²) in [6.07, 6.45) is 4.00. The summed E-state index contributed by atoms with van der Waals surface area (Å²) in [5.41, 5.74) is 3.17. The molecule has 0 spiro atoms. The third kappa shape index (κ3) is 4.57. The minimum absolute atomic E-state index is 0.0116. The highest BCUT2D eigenvalue weighted by atomic mass is 16.5. The monoisotopic (exact) mass is 421 g/mol. The van der Waals surface area contributed by atoms with Gasteiger partial charge in [0.15, 0.2) is 0 Å². The Morgan fingerprint density at radius 1 is 1.23 bits per heavy atom. The molecule has 3 aromatic rings. The van der Waals surface area contributed by atoms with Gasteiger partial charge in [-0.25, -0.2) is 4.98 Å². The third-order valence-electron chi connectivity index (χ3n) is 6.01. The van der Waals surface area contributed by atoms with Gasteiger partial charge in [0, 0.05) is 36.3 Å². The highest BCUT2D eigenvalue weighted by molar-refractivity contribution is 5.76. The maximum absolute atomic E-state index is 12.8.